The third kappa shape index (κ3) is 5.31. The van der Waals surface area contributed by atoms with E-state index in [2.05, 4.69) is 5.32 Å². The van der Waals surface area contributed by atoms with Crippen LogP contribution in [0.2, 0.25) is 0 Å². The first-order chi connectivity index (χ1) is 14.3. The van der Waals surface area contributed by atoms with Crippen molar-refractivity contribution in [2.24, 2.45) is 5.92 Å². The topological polar surface area (TPSA) is 84.9 Å². The van der Waals surface area contributed by atoms with E-state index in [0.29, 0.717) is 30.8 Å². The number of carbonyl (C=O) groups is 1. The second-order valence-corrected chi connectivity index (χ2v) is 9.50. The summed E-state index contributed by atoms with van der Waals surface area (Å²) in [6.45, 7) is 4.46. The number of ether oxygens (including phenoxy) is 2. The van der Waals surface area contributed by atoms with E-state index >= 15 is 0 Å². The minimum Gasteiger partial charge on any atom is -0.497 e. The Morgan fingerprint density at radius 2 is 1.70 bits per heavy atom. The molecule has 1 aliphatic rings. The number of piperidine rings is 1. The van der Waals surface area contributed by atoms with Gasteiger partial charge >= 0.3 is 0 Å². The first kappa shape index (κ1) is 22.1. The van der Waals surface area contributed by atoms with E-state index in [1.165, 1.54) is 23.5 Å². The predicted octanol–water partition coefficient (Wildman–Crippen LogP) is 3.52. The lowest BCUT2D eigenvalue weighted by molar-refractivity contribution is -0.120. The minimum absolute atomic E-state index is 0.0753. The minimum atomic E-state index is -3.66. The Morgan fingerprint density at radius 3 is 2.30 bits per heavy atom. The van der Waals surface area contributed by atoms with Crippen molar-refractivity contribution in [3.05, 3.63) is 48.5 Å². The monoisotopic (exact) mass is 432 g/mol. The van der Waals surface area contributed by atoms with Crippen LogP contribution < -0.4 is 14.8 Å². The van der Waals surface area contributed by atoms with Gasteiger partial charge in [0.2, 0.25) is 15.9 Å². The maximum Gasteiger partial charge on any atom is 0.243 e. The first-order valence-corrected chi connectivity index (χ1v) is 11.5. The molecule has 1 amide bonds. The fourth-order valence-electron chi connectivity index (χ4n) is 3.40. The lowest BCUT2D eigenvalue weighted by Gasteiger charge is -2.31. The van der Waals surface area contributed by atoms with Crippen LogP contribution in [0.25, 0.3) is 0 Å². The predicted molar refractivity (Wildman–Crippen MR) is 115 cm³/mol. The maximum atomic E-state index is 13.0. The average molecular weight is 433 g/mol. The zero-order valence-corrected chi connectivity index (χ0v) is 18.3. The lowest BCUT2D eigenvalue weighted by atomic mass is 9.99. The highest BCUT2D eigenvalue weighted by Crippen LogP contribution is 2.26. The molecule has 7 nitrogen and oxygen atoms in total. The quantitative estimate of drug-likeness (QED) is 0.724. The molecule has 1 heterocycles. The van der Waals surface area contributed by atoms with Crippen molar-refractivity contribution in [3.63, 3.8) is 0 Å². The number of rotatable bonds is 7. The number of nitrogens with zero attached hydrogens (tertiary/aromatic N) is 1. The van der Waals surface area contributed by atoms with Crippen LogP contribution >= 0.6 is 0 Å². The van der Waals surface area contributed by atoms with Crippen molar-refractivity contribution in [2.45, 2.75) is 37.7 Å². The van der Waals surface area contributed by atoms with Gasteiger partial charge in [-0.2, -0.15) is 4.31 Å². The van der Waals surface area contributed by atoms with Gasteiger partial charge in [-0.15, -0.1) is 0 Å². The summed E-state index contributed by atoms with van der Waals surface area (Å²) < 4.78 is 38.0. The van der Waals surface area contributed by atoms with Crippen molar-refractivity contribution < 1.29 is 22.7 Å². The van der Waals surface area contributed by atoms with Crippen LogP contribution in [0.4, 0.5) is 5.69 Å². The fraction of sp³-hybridized carbons (Fsp3) is 0.409. The zero-order valence-electron chi connectivity index (χ0n) is 17.5. The molecule has 2 aromatic carbocycles. The van der Waals surface area contributed by atoms with E-state index in [0.717, 1.165) is 5.75 Å². The van der Waals surface area contributed by atoms with E-state index in [1.54, 1.807) is 36.4 Å². The van der Waals surface area contributed by atoms with Crippen molar-refractivity contribution in [2.75, 3.05) is 25.5 Å². The number of hydrogen-bond donors (Lipinski definition) is 1. The molecule has 1 aliphatic heterocycles. The van der Waals surface area contributed by atoms with Gasteiger partial charge in [-0.3, -0.25) is 4.79 Å². The van der Waals surface area contributed by atoms with Crippen LogP contribution in [-0.4, -0.2) is 44.9 Å². The van der Waals surface area contributed by atoms with E-state index in [4.69, 9.17) is 9.47 Å². The Balaban J connectivity index is 1.65. The van der Waals surface area contributed by atoms with Crippen molar-refractivity contribution in [1.29, 1.82) is 0 Å². The van der Waals surface area contributed by atoms with Crippen molar-refractivity contribution >= 4 is 21.6 Å². The molecule has 0 aliphatic carbocycles. The number of carbonyl (C=O) groups excluding carboxylic acids is 1. The number of methoxy groups -OCH3 is 1. The van der Waals surface area contributed by atoms with Gasteiger partial charge in [-0.1, -0.05) is 0 Å². The molecule has 1 N–H and O–H groups in total. The highest BCUT2D eigenvalue weighted by atomic mass is 32.2. The third-order valence-corrected chi connectivity index (χ3v) is 6.83. The largest absolute Gasteiger partial charge is 0.497 e. The molecule has 0 radical (unpaired) electrons. The summed E-state index contributed by atoms with van der Waals surface area (Å²) in [7, 11) is -2.13. The third-order valence-electron chi connectivity index (χ3n) is 4.95. The second kappa shape index (κ2) is 9.49. The van der Waals surface area contributed by atoms with E-state index in [9.17, 15) is 13.2 Å². The first-order valence-electron chi connectivity index (χ1n) is 10.0. The Labute approximate surface area is 178 Å². The summed E-state index contributed by atoms with van der Waals surface area (Å²) in [6, 6.07) is 13.5. The molecule has 30 heavy (non-hydrogen) atoms. The number of amides is 1. The molecular formula is C22H28N2O5S. The van der Waals surface area contributed by atoms with E-state index < -0.39 is 15.9 Å². The molecule has 0 saturated carbocycles. The van der Waals surface area contributed by atoms with Gasteiger partial charge in [-0.05, 0) is 75.2 Å². The molecule has 0 unspecified atom stereocenters. The van der Waals surface area contributed by atoms with E-state index in [-0.39, 0.29) is 23.5 Å². The summed E-state index contributed by atoms with van der Waals surface area (Å²) in [4.78, 5) is 12.9. The molecule has 0 aromatic heterocycles. The Hall–Kier alpha value is -2.58. The molecule has 1 atom stereocenters. The Bertz CT molecular complexity index is 956. The summed E-state index contributed by atoms with van der Waals surface area (Å²) in [5, 5.41) is 2.89. The van der Waals surface area contributed by atoms with Crippen LogP contribution in [0.1, 0.15) is 26.7 Å². The van der Waals surface area contributed by atoms with Crippen LogP contribution in [-0.2, 0) is 14.8 Å². The SMILES string of the molecule is COc1ccc(S(=O)(=O)N2CCC[C@H](C(=O)Nc3ccc(OC(C)C)cc3)C2)cc1. The van der Waals surface area contributed by atoms with Crippen LogP contribution in [0.3, 0.4) is 0 Å². The summed E-state index contributed by atoms with van der Waals surface area (Å²) in [6.07, 6.45) is 1.36. The van der Waals surface area contributed by atoms with Gasteiger partial charge in [0.1, 0.15) is 11.5 Å². The molecule has 8 heteroatoms. The Morgan fingerprint density at radius 1 is 1.07 bits per heavy atom. The summed E-state index contributed by atoms with van der Waals surface area (Å²) in [5.74, 6) is 0.743. The van der Waals surface area contributed by atoms with Crippen LogP contribution in [0.5, 0.6) is 11.5 Å². The van der Waals surface area contributed by atoms with Gasteiger partial charge in [-0.25, -0.2) is 8.42 Å². The van der Waals surface area contributed by atoms with Gasteiger partial charge in [0.05, 0.1) is 24.0 Å². The maximum absolute atomic E-state index is 13.0. The molecule has 3 rings (SSSR count). The Kier molecular flexibility index (Phi) is 6.99. The zero-order chi connectivity index (χ0) is 21.7. The van der Waals surface area contributed by atoms with Gasteiger partial charge in [0.25, 0.3) is 0 Å². The molecule has 1 saturated heterocycles. The smallest absolute Gasteiger partial charge is 0.243 e. The standard InChI is InChI=1S/C22H28N2O5S/c1-16(2)29-20-8-6-18(7-9-20)23-22(25)17-5-4-14-24(15-17)30(26,27)21-12-10-19(28-3)11-13-21/h6-13,16-17H,4-5,14-15H2,1-3H3,(H,23,25)/t17-/m0/s1. The van der Waals surface area contributed by atoms with Crippen molar-refractivity contribution in [1.82, 2.24) is 4.31 Å². The number of sulfonamides is 1. The van der Waals surface area contributed by atoms with Crippen LogP contribution in [0.15, 0.2) is 53.4 Å². The van der Waals surface area contributed by atoms with Crippen LogP contribution in [0, 0.1) is 5.92 Å². The number of nitrogens with one attached hydrogen (secondary N) is 1. The van der Waals surface area contributed by atoms with Gasteiger partial charge < -0.3 is 14.8 Å². The number of anilines is 1. The lowest BCUT2D eigenvalue weighted by Crippen LogP contribution is -2.43. The number of hydrogen-bond acceptors (Lipinski definition) is 5. The molecule has 162 valence electrons. The van der Waals surface area contributed by atoms with Crippen molar-refractivity contribution in [3.8, 4) is 11.5 Å². The summed E-state index contributed by atoms with van der Waals surface area (Å²) >= 11 is 0. The number of benzene rings is 2. The second-order valence-electron chi connectivity index (χ2n) is 7.56. The highest BCUT2D eigenvalue weighted by molar-refractivity contribution is 7.89. The van der Waals surface area contributed by atoms with Gasteiger partial charge in [0.15, 0.2) is 0 Å². The van der Waals surface area contributed by atoms with Gasteiger partial charge in [0, 0.05) is 18.8 Å². The molecule has 2 aromatic rings. The summed E-state index contributed by atoms with van der Waals surface area (Å²) in [5.41, 5.74) is 0.659. The normalized spacial score (nSPS) is 17.5. The average Bonchev–Trinajstić information content (AvgIpc) is 2.75. The molecule has 0 bridgehead atoms. The fourth-order valence-corrected chi connectivity index (χ4v) is 4.93. The van der Waals surface area contributed by atoms with E-state index in [1.807, 2.05) is 13.8 Å². The molecule has 0 spiro atoms. The molecule has 1 fully saturated rings. The highest BCUT2D eigenvalue weighted by Gasteiger charge is 2.33. The molecular weight excluding hydrogens is 404 g/mol.